The number of nitrogens with zero attached hydrogens (tertiary/aromatic N) is 1. The van der Waals surface area contributed by atoms with Crippen molar-refractivity contribution < 1.29 is 14.4 Å². The first-order chi connectivity index (χ1) is 4.75. The maximum Gasteiger partial charge on any atom is 0.356 e. The Morgan fingerprint density at radius 1 is 1.80 bits per heavy atom. The molecule has 1 aliphatic rings. The van der Waals surface area contributed by atoms with Gasteiger partial charge in [0.1, 0.15) is 13.7 Å². The average molecular weight is 143 g/mol. The van der Waals surface area contributed by atoms with Crippen molar-refractivity contribution in [2.45, 2.75) is 6.92 Å². The third-order valence-corrected chi connectivity index (χ3v) is 1.33. The third kappa shape index (κ3) is 1.10. The van der Waals surface area contributed by atoms with Gasteiger partial charge in [-0.25, -0.2) is 4.79 Å². The molecule has 0 spiro atoms. The molecule has 0 radical (unpaired) electrons. The molecule has 0 aromatic heterocycles. The maximum atomic E-state index is 10.7. The molecular weight excluding hydrogens is 134 g/mol. The zero-order chi connectivity index (χ0) is 7.56. The van der Waals surface area contributed by atoms with E-state index in [1.54, 1.807) is 0 Å². The normalized spacial score (nSPS) is 28.8. The largest absolute Gasteiger partial charge is 0.460 e. The second-order valence-electron chi connectivity index (χ2n) is 2.16. The minimum Gasteiger partial charge on any atom is -0.460 e. The molecule has 0 aromatic carbocycles. The van der Waals surface area contributed by atoms with Crippen LogP contribution in [0.5, 0.6) is 0 Å². The molecule has 0 aliphatic carbocycles. The first kappa shape index (κ1) is 7.05. The summed E-state index contributed by atoms with van der Waals surface area (Å²) >= 11 is 0. The SMILES string of the molecule is CO/N=C1\C(=O)OCC1C. The number of hydrogen-bond acceptors (Lipinski definition) is 4. The lowest BCUT2D eigenvalue weighted by atomic mass is 10.1. The van der Waals surface area contributed by atoms with E-state index in [0.29, 0.717) is 12.3 Å². The van der Waals surface area contributed by atoms with Crippen molar-refractivity contribution in [1.82, 2.24) is 0 Å². The van der Waals surface area contributed by atoms with E-state index in [2.05, 4.69) is 14.7 Å². The Balaban J connectivity index is 2.72. The van der Waals surface area contributed by atoms with E-state index >= 15 is 0 Å². The molecule has 1 rings (SSSR count). The summed E-state index contributed by atoms with van der Waals surface area (Å²) in [4.78, 5) is 15.2. The summed E-state index contributed by atoms with van der Waals surface area (Å²) in [6.07, 6.45) is 0. The molecule has 4 nitrogen and oxygen atoms in total. The Morgan fingerprint density at radius 2 is 2.50 bits per heavy atom. The van der Waals surface area contributed by atoms with Crippen LogP contribution in [0.2, 0.25) is 0 Å². The van der Waals surface area contributed by atoms with Crippen molar-refractivity contribution in [2.24, 2.45) is 11.1 Å². The Labute approximate surface area is 58.8 Å². The van der Waals surface area contributed by atoms with Gasteiger partial charge in [-0.15, -0.1) is 0 Å². The average Bonchev–Trinajstić information content (AvgIpc) is 2.20. The highest BCUT2D eigenvalue weighted by Gasteiger charge is 2.29. The van der Waals surface area contributed by atoms with Crippen LogP contribution in [0.1, 0.15) is 6.92 Å². The van der Waals surface area contributed by atoms with Crippen LogP contribution in [0.3, 0.4) is 0 Å². The quantitative estimate of drug-likeness (QED) is 0.388. The van der Waals surface area contributed by atoms with Gasteiger partial charge in [0.15, 0.2) is 5.71 Å². The van der Waals surface area contributed by atoms with Crippen molar-refractivity contribution in [3.63, 3.8) is 0 Å². The van der Waals surface area contributed by atoms with E-state index in [9.17, 15) is 4.79 Å². The smallest absolute Gasteiger partial charge is 0.356 e. The number of rotatable bonds is 1. The Kier molecular flexibility index (Phi) is 1.89. The molecule has 0 N–H and O–H groups in total. The highest BCUT2D eigenvalue weighted by Crippen LogP contribution is 2.10. The summed E-state index contributed by atoms with van der Waals surface area (Å²) in [5.74, 6) is -0.304. The van der Waals surface area contributed by atoms with Crippen molar-refractivity contribution in [2.75, 3.05) is 13.7 Å². The van der Waals surface area contributed by atoms with E-state index in [-0.39, 0.29) is 11.9 Å². The molecule has 1 aliphatic heterocycles. The van der Waals surface area contributed by atoms with Crippen LogP contribution >= 0.6 is 0 Å². The van der Waals surface area contributed by atoms with Crippen LogP contribution in [0.4, 0.5) is 0 Å². The summed E-state index contributed by atoms with van der Waals surface area (Å²) in [6.45, 7) is 2.28. The number of cyclic esters (lactones) is 1. The molecule has 0 aromatic rings. The molecule has 1 atom stereocenters. The van der Waals surface area contributed by atoms with Crippen LogP contribution in [-0.2, 0) is 14.4 Å². The van der Waals surface area contributed by atoms with Gasteiger partial charge in [0.05, 0.1) is 0 Å². The van der Waals surface area contributed by atoms with Crippen LogP contribution < -0.4 is 0 Å². The number of oxime groups is 1. The third-order valence-electron chi connectivity index (χ3n) is 1.33. The standard InChI is InChI=1S/C6H9NO3/c1-4-3-10-6(8)5(4)7-9-2/h4H,3H2,1-2H3/b7-5-. The van der Waals surface area contributed by atoms with Crippen LogP contribution in [-0.4, -0.2) is 25.4 Å². The summed E-state index contributed by atoms with van der Waals surface area (Å²) < 4.78 is 4.68. The molecule has 1 heterocycles. The number of esters is 1. The highest BCUT2D eigenvalue weighted by molar-refractivity contribution is 6.38. The Bertz CT molecular complexity index is 176. The zero-order valence-electron chi connectivity index (χ0n) is 5.96. The molecular formula is C6H9NO3. The molecule has 1 saturated heterocycles. The number of carbonyl (C=O) groups is 1. The van der Waals surface area contributed by atoms with Gasteiger partial charge in [0.2, 0.25) is 0 Å². The first-order valence-electron chi connectivity index (χ1n) is 3.04. The predicted octanol–water partition coefficient (Wildman–Crippen LogP) is 0.182. The minimum absolute atomic E-state index is 0.0625. The molecule has 1 fully saturated rings. The van der Waals surface area contributed by atoms with Gasteiger partial charge >= 0.3 is 5.97 Å². The van der Waals surface area contributed by atoms with E-state index in [1.165, 1.54) is 7.11 Å². The number of hydrogen-bond donors (Lipinski definition) is 0. The molecule has 1 unspecified atom stereocenters. The first-order valence-corrected chi connectivity index (χ1v) is 3.04. The Hall–Kier alpha value is -1.06. The second kappa shape index (κ2) is 2.68. The fourth-order valence-corrected chi connectivity index (χ4v) is 0.780. The fraction of sp³-hybridized carbons (Fsp3) is 0.667. The summed E-state index contributed by atoms with van der Waals surface area (Å²) in [6, 6.07) is 0. The lowest BCUT2D eigenvalue weighted by Crippen LogP contribution is -2.12. The van der Waals surface area contributed by atoms with Crippen molar-refractivity contribution >= 4 is 11.7 Å². The molecule has 0 saturated carbocycles. The van der Waals surface area contributed by atoms with Crippen LogP contribution in [0, 0.1) is 5.92 Å². The molecule has 0 bridgehead atoms. The van der Waals surface area contributed by atoms with Gasteiger partial charge in [-0.05, 0) is 0 Å². The van der Waals surface area contributed by atoms with Crippen LogP contribution in [0.25, 0.3) is 0 Å². The van der Waals surface area contributed by atoms with Gasteiger partial charge in [-0.1, -0.05) is 12.1 Å². The van der Waals surface area contributed by atoms with Crippen molar-refractivity contribution in [1.29, 1.82) is 0 Å². The monoisotopic (exact) mass is 143 g/mol. The zero-order valence-corrected chi connectivity index (χ0v) is 5.96. The Morgan fingerprint density at radius 3 is 2.90 bits per heavy atom. The van der Waals surface area contributed by atoms with Gasteiger partial charge in [-0.2, -0.15) is 0 Å². The van der Waals surface area contributed by atoms with Crippen LogP contribution in [0.15, 0.2) is 5.16 Å². The van der Waals surface area contributed by atoms with E-state index in [1.807, 2.05) is 6.92 Å². The minimum atomic E-state index is -0.366. The van der Waals surface area contributed by atoms with E-state index in [0.717, 1.165) is 0 Å². The van der Waals surface area contributed by atoms with E-state index in [4.69, 9.17) is 0 Å². The molecule has 10 heavy (non-hydrogen) atoms. The topological polar surface area (TPSA) is 47.9 Å². The summed E-state index contributed by atoms with van der Waals surface area (Å²) in [5, 5.41) is 3.53. The van der Waals surface area contributed by atoms with Gasteiger partial charge in [-0.3, -0.25) is 0 Å². The fourth-order valence-electron chi connectivity index (χ4n) is 0.780. The lowest BCUT2D eigenvalue weighted by molar-refractivity contribution is -0.133. The predicted molar refractivity (Wildman–Crippen MR) is 34.6 cm³/mol. The second-order valence-corrected chi connectivity index (χ2v) is 2.16. The van der Waals surface area contributed by atoms with Crippen molar-refractivity contribution in [3.05, 3.63) is 0 Å². The van der Waals surface area contributed by atoms with Crippen molar-refractivity contribution in [3.8, 4) is 0 Å². The number of carbonyl (C=O) groups excluding carboxylic acids is 1. The van der Waals surface area contributed by atoms with Gasteiger partial charge in [0, 0.05) is 5.92 Å². The molecule has 0 amide bonds. The molecule has 4 heteroatoms. The van der Waals surface area contributed by atoms with Gasteiger partial charge in [0.25, 0.3) is 0 Å². The lowest BCUT2D eigenvalue weighted by Gasteiger charge is -1.93. The van der Waals surface area contributed by atoms with E-state index < -0.39 is 0 Å². The highest BCUT2D eigenvalue weighted by atomic mass is 16.6. The maximum absolute atomic E-state index is 10.7. The molecule has 56 valence electrons. The summed E-state index contributed by atoms with van der Waals surface area (Å²) in [5.41, 5.74) is 0.377. The summed E-state index contributed by atoms with van der Waals surface area (Å²) in [7, 11) is 1.41. The number of ether oxygens (including phenoxy) is 1. The van der Waals surface area contributed by atoms with Gasteiger partial charge < -0.3 is 9.57 Å².